The van der Waals surface area contributed by atoms with Crippen LogP contribution in [0.3, 0.4) is 0 Å². The van der Waals surface area contributed by atoms with E-state index >= 15 is 0 Å². The van der Waals surface area contributed by atoms with Crippen molar-refractivity contribution in [1.29, 1.82) is 0 Å². The third-order valence-corrected chi connectivity index (χ3v) is 4.74. The van der Waals surface area contributed by atoms with Gasteiger partial charge in [0.25, 0.3) is 0 Å². The summed E-state index contributed by atoms with van der Waals surface area (Å²) in [7, 11) is 0. The van der Waals surface area contributed by atoms with Gasteiger partial charge in [0, 0.05) is 40.5 Å². The molecule has 0 bridgehead atoms. The number of H-pyrrole nitrogens is 1. The number of alkyl halides is 3. The van der Waals surface area contributed by atoms with E-state index in [1.54, 1.807) is 30.5 Å². The molecule has 9 heteroatoms. The lowest BCUT2D eigenvalue weighted by Crippen LogP contribution is -2.30. The summed E-state index contributed by atoms with van der Waals surface area (Å²) < 4.78 is 38.4. The highest BCUT2D eigenvalue weighted by Crippen LogP contribution is 2.30. The van der Waals surface area contributed by atoms with Gasteiger partial charge >= 0.3 is 12.2 Å². The molecule has 0 atom stereocenters. The summed E-state index contributed by atoms with van der Waals surface area (Å²) in [6.45, 7) is 0.685. The van der Waals surface area contributed by atoms with E-state index in [0.29, 0.717) is 28.8 Å². The Morgan fingerprint density at radius 1 is 1.00 bits per heavy atom. The zero-order chi connectivity index (χ0) is 22.0. The maximum atomic E-state index is 12.8. The molecule has 0 saturated heterocycles. The van der Waals surface area contributed by atoms with Crippen LogP contribution >= 0.6 is 0 Å². The van der Waals surface area contributed by atoms with Crippen molar-refractivity contribution in [3.05, 3.63) is 82.1 Å². The molecule has 1 aliphatic heterocycles. The SMILES string of the molecule is O=C(Nc1ccc(C(=O)c2c[nH]c3c2=CCCN=3)cc1)Nc1cccc(C(F)(F)F)c1. The second-order valence-electron chi connectivity index (χ2n) is 6.90. The Hall–Kier alpha value is -3.88. The molecule has 31 heavy (non-hydrogen) atoms. The molecule has 0 radical (unpaired) electrons. The molecule has 1 aliphatic rings. The van der Waals surface area contributed by atoms with Crippen LogP contribution in [0.5, 0.6) is 0 Å². The number of carbonyl (C=O) groups excluding carboxylic acids is 2. The second-order valence-corrected chi connectivity index (χ2v) is 6.90. The predicted molar refractivity (Wildman–Crippen MR) is 109 cm³/mol. The van der Waals surface area contributed by atoms with E-state index in [2.05, 4.69) is 20.6 Å². The maximum absolute atomic E-state index is 12.8. The van der Waals surface area contributed by atoms with Gasteiger partial charge in [-0.15, -0.1) is 0 Å². The Labute approximate surface area is 174 Å². The van der Waals surface area contributed by atoms with Gasteiger partial charge in [-0.05, 0) is 48.9 Å². The van der Waals surface area contributed by atoms with Gasteiger partial charge in [-0.25, -0.2) is 4.79 Å². The Morgan fingerprint density at radius 3 is 2.48 bits per heavy atom. The summed E-state index contributed by atoms with van der Waals surface area (Å²) in [4.78, 5) is 32.2. The van der Waals surface area contributed by atoms with Gasteiger partial charge in [-0.3, -0.25) is 9.79 Å². The van der Waals surface area contributed by atoms with Crippen LogP contribution in [0.1, 0.15) is 27.9 Å². The van der Waals surface area contributed by atoms with Crippen molar-refractivity contribution >= 4 is 29.3 Å². The number of fused-ring (bicyclic) bond motifs is 1. The third-order valence-electron chi connectivity index (χ3n) is 4.74. The largest absolute Gasteiger partial charge is 0.416 e. The summed E-state index contributed by atoms with van der Waals surface area (Å²) in [5.41, 5.74) is 1.20. The summed E-state index contributed by atoms with van der Waals surface area (Å²) in [6, 6.07) is 9.88. The number of hydrogen-bond acceptors (Lipinski definition) is 3. The molecule has 6 nitrogen and oxygen atoms in total. The maximum Gasteiger partial charge on any atom is 0.416 e. The third kappa shape index (κ3) is 4.50. The average molecular weight is 426 g/mol. The molecule has 0 saturated carbocycles. The van der Waals surface area contributed by atoms with Crippen LogP contribution in [0.15, 0.2) is 59.7 Å². The topological polar surface area (TPSA) is 86.3 Å². The molecule has 2 heterocycles. The lowest BCUT2D eigenvalue weighted by molar-refractivity contribution is -0.137. The first-order valence-electron chi connectivity index (χ1n) is 9.43. The smallest absolute Gasteiger partial charge is 0.346 e. The highest BCUT2D eigenvalue weighted by Gasteiger charge is 2.30. The monoisotopic (exact) mass is 426 g/mol. The van der Waals surface area contributed by atoms with Gasteiger partial charge in [0.05, 0.1) is 5.56 Å². The summed E-state index contributed by atoms with van der Waals surface area (Å²) >= 11 is 0. The normalized spacial score (nSPS) is 12.9. The zero-order valence-corrected chi connectivity index (χ0v) is 16.1. The number of nitrogens with one attached hydrogen (secondary N) is 3. The Kier molecular flexibility index (Phi) is 5.33. The van der Waals surface area contributed by atoms with Gasteiger partial charge in [-0.1, -0.05) is 12.1 Å². The molecule has 0 fully saturated rings. The molecule has 158 valence electrons. The number of nitrogens with zero attached hydrogens (tertiary/aromatic N) is 1. The molecular formula is C22H17F3N4O2. The number of urea groups is 1. The minimum absolute atomic E-state index is 0.0121. The molecule has 4 rings (SSSR count). The lowest BCUT2D eigenvalue weighted by atomic mass is 10.0. The first-order chi connectivity index (χ1) is 14.8. The molecular weight excluding hydrogens is 409 g/mol. The van der Waals surface area contributed by atoms with E-state index in [-0.39, 0.29) is 11.5 Å². The van der Waals surface area contributed by atoms with Crippen molar-refractivity contribution in [1.82, 2.24) is 4.98 Å². The van der Waals surface area contributed by atoms with Gasteiger partial charge < -0.3 is 15.6 Å². The number of anilines is 2. The quantitative estimate of drug-likeness (QED) is 0.556. The van der Waals surface area contributed by atoms with Crippen molar-refractivity contribution in [2.75, 3.05) is 17.2 Å². The summed E-state index contributed by atoms with van der Waals surface area (Å²) in [6.07, 6.45) is -0.122. The van der Waals surface area contributed by atoms with E-state index in [1.165, 1.54) is 12.1 Å². The first-order valence-corrected chi connectivity index (χ1v) is 9.43. The van der Waals surface area contributed by atoms with Gasteiger partial charge in [-0.2, -0.15) is 13.2 Å². The first kappa shape index (κ1) is 20.4. The fraction of sp³-hybridized carbons (Fsp3) is 0.136. The lowest BCUT2D eigenvalue weighted by Gasteiger charge is -2.11. The van der Waals surface area contributed by atoms with Crippen molar-refractivity contribution in [2.24, 2.45) is 4.99 Å². The number of rotatable bonds is 4. The predicted octanol–water partition coefficient (Wildman–Crippen LogP) is 3.71. The number of aromatic amines is 1. The van der Waals surface area contributed by atoms with Gasteiger partial charge in [0.1, 0.15) is 5.49 Å². The van der Waals surface area contributed by atoms with E-state index in [1.807, 2.05) is 6.08 Å². The number of amides is 2. The highest BCUT2D eigenvalue weighted by atomic mass is 19.4. The summed E-state index contributed by atoms with van der Waals surface area (Å²) in [5.74, 6) is -0.175. The van der Waals surface area contributed by atoms with E-state index in [9.17, 15) is 22.8 Å². The Balaban J connectivity index is 1.44. The molecule has 0 spiro atoms. The standard InChI is InChI=1S/C22H17F3N4O2/c23-22(24,25)14-3-1-4-16(11-14)29-21(31)28-15-8-6-13(7-9-15)19(30)18-12-27-20-17(18)5-2-10-26-20/h1,3-9,11-12H,2,10H2,(H,26,27)(H2,28,29,31). The van der Waals surface area contributed by atoms with Gasteiger partial charge in [0.2, 0.25) is 0 Å². The van der Waals surface area contributed by atoms with Crippen LogP contribution in [-0.4, -0.2) is 23.3 Å². The number of aromatic nitrogens is 1. The molecule has 2 aromatic carbocycles. The van der Waals surface area contributed by atoms with Crippen LogP contribution in [0.2, 0.25) is 0 Å². The van der Waals surface area contributed by atoms with Gasteiger partial charge in [0.15, 0.2) is 5.78 Å². The van der Waals surface area contributed by atoms with Crippen LogP contribution in [0, 0.1) is 0 Å². The number of halogens is 3. The number of carbonyl (C=O) groups is 2. The van der Waals surface area contributed by atoms with Crippen LogP contribution in [-0.2, 0) is 6.18 Å². The average Bonchev–Trinajstić information content (AvgIpc) is 3.17. The molecule has 2 amide bonds. The van der Waals surface area contributed by atoms with E-state index < -0.39 is 17.8 Å². The fourth-order valence-corrected chi connectivity index (χ4v) is 3.26. The van der Waals surface area contributed by atoms with Crippen LogP contribution in [0.4, 0.5) is 29.3 Å². The van der Waals surface area contributed by atoms with Crippen molar-refractivity contribution < 1.29 is 22.8 Å². The van der Waals surface area contributed by atoms with Crippen molar-refractivity contribution in [3.63, 3.8) is 0 Å². The molecule has 3 aromatic rings. The van der Waals surface area contributed by atoms with E-state index in [0.717, 1.165) is 23.8 Å². The van der Waals surface area contributed by atoms with Crippen molar-refractivity contribution in [3.8, 4) is 0 Å². The second kappa shape index (κ2) is 8.10. The molecule has 3 N–H and O–H groups in total. The number of hydrogen-bond donors (Lipinski definition) is 3. The molecule has 1 aromatic heterocycles. The molecule has 0 aliphatic carbocycles. The zero-order valence-electron chi connectivity index (χ0n) is 16.1. The minimum Gasteiger partial charge on any atom is -0.346 e. The summed E-state index contributed by atoms with van der Waals surface area (Å²) in [5, 5.41) is 5.68. The highest BCUT2D eigenvalue weighted by molar-refractivity contribution is 6.09. The van der Waals surface area contributed by atoms with Crippen LogP contribution in [0.25, 0.3) is 6.08 Å². The Morgan fingerprint density at radius 2 is 1.74 bits per heavy atom. The van der Waals surface area contributed by atoms with Crippen molar-refractivity contribution in [2.45, 2.75) is 12.6 Å². The Bertz CT molecular complexity index is 1260. The molecule has 0 unspecified atom stereocenters. The number of benzene rings is 2. The van der Waals surface area contributed by atoms with E-state index in [4.69, 9.17) is 0 Å². The number of ketones is 1. The van der Waals surface area contributed by atoms with Crippen LogP contribution < -0.4 is 21.3 Å². The fourth-order valence-electron chi connectivity index (χ4n) is 3.26. The minimum atomic E-state index is -4.50.